The van der Waals surface area contributed by atoms with E-state index in [9.17, 15) is 19.5 Å². The third-order valence-corrected chi connectivity index (χ3v) is 10.2. The minimum Gasteiger partial charge on any atom is -0.458 e. The van der Waals surface area contributed by atoms with Crippen LogP contribution in [-0.2, 0) is 14.3 Å². The number of carbonyl (C=O) groups is 3. The van der Waals surface area contributed by atoms with Gasteiger partial charge in [0.15, 0.2) is 0 Å². The Labute approximate surface area is 196 Å². The van der Waals surface area contributed by atoms with Crippen LogP contribution in [0.15, 0.2) is 30.3 Å². The highest BCUT2D eigenvalue weighted by Crippen LogP contribution is 2.67. The Kier molecular flexibility index (Phi) is 5.55. The van der Waals surface area contributed by atoms with Crippen molar-refractivity contribution in [2.24, 2.45) is 40.4 Å². The van der Waals surface area contributed by atoms with E-state index in [1.165, 1.54) is 0 Å². The Hall–Kier alpha value is -2.01. The summed E-state index contributed by atoms with van der Waals surface area (Å²) in [6.07, 6.45) is 3.97. The summed E-state index contributed by atoms with van der Waals surface area (Å²) in [7, 11) is 0. The number of Topliss-reactive ketones (excluding diaryl/α,β-unsaturated/α-hetero) is 2. The molecule has 0 radical (unpaired) electrons. The van der Waals surface area contributed by atoms with Crippen molar-refractivity contribution in [3.05, 3.63) is 35.9 Å². The first-order valence-corrected chi connectivity index (χ1v) is 12.6. The van der Waals surface area contributed by atoms with E-state index in [0.29, 0.717) is 31.2 Å². The molecule has 5 rings (SSSR count). The molecular formula is C28H36O5. The molecule has 9 atom stereocenters. The van der Waals surface area contributed by atoms with E-state index < -0.39 is 6.10 Å². The zero-order valence-corrected chi connectivity index (χ0v) is 20.0. The summed E-state index contributed by atoms with van der Waals surface area (Å²) in [4.78, 5) is 38.0. The van der Waals surface area contributed by atoms with Gasteiger partial charge in [-0.3, -0.25) is 9.59 Å². The van der Waals surface area contributed by atoms with Gasteiger partial charge >= 0.3 is 5.97 Å². The van der Waals surface area contributed by atoms with Gasteiger partial charge in [-0.05, 0) is 79.7 Å². The molecule has 5 heteroatoms. The monoisotopic (exact) mass is 452 g/mol. The van der Waals surface area contributed by atoms with E-state index in [1.807, 2.05) is 18.2 Å². The molecule has 33 heavy (non-hydrogen) atoms. The number of fused-ring (bicyclic) bond motifs is 5. The van der Waals surface area contributed by atoms with Gasteiger partial charge in [-0.1, -0.05) is 32.0 Å². The van der Waals surface area contributed by atoms with Crippen molar-refractivity contribution in [3.8, 4) is 0 Å². The molecule has 4 saturated carbocycles. The van der Waals surface area contributed by atoms with Crippen LogP contribution in [0.25, 0.3) is 0 Å². The van der Waals surface area contributed by atoms with E-state index >= 15 is 0 Å². The Morgan fingerprint density at radius 3 is 2.52 bits per heavy atom. The minimum atomic E-state index is -0.560. The van der Waals surface area contributed by atoms with Crippen LogP contribution in [0.4, 0.5) is 0 Å². The molecule has 0 aromatic heterocycles. The van der Waals surface area contributed by atoms with Gasteiger partial charge in [-0.15, -0.1) is 0 Å². The van der Waals surface area contributed by atoms with E-state index in [0.717, 1.165) is 19.3 Å². The summed E-state index contributed by atoms with van der Waals surface area (Å²) in [6.45, 7) is 6.10. The fourth-order valence-electron chi connectivity index (χ4n) is 8.67. The average Bonchev–Trinajstić information content (AvgIpc) is 3.11. The maximum atomic E-state index is 13.1. The van der Waals surface area contributed by atoms with Crippen LogP contribution >= 0.6 is 0 Å². The molecule has 178 valence electrons. The second-order valence-corrected chi connectivity index (χ2v) is 11.7. The molecule has 0 spiro atoms. The zero-order chi connectivity index (χ0) is 23.5. The van der Waals surface area contributed by atoms with Crippen LogP contribution in [-0.4, -0.2) is 34.9 Å². The molecular weight excluding hydrogens is 416 g/mol. The standard InChI is InChI=1S/C28H36O5/c1-16(29)20-9-10-21-24-23(33-26(32)17-7-5-4-6-8-17)14-18-13-19(30)11-12-27(18,2)25(24)22(31)15-28(20,21)3/h4-8,18,20-25,31H,9-15H2,1-3H3/t18?,20?,21?,22-,23+,24?,25?,27+,28-/m1/s1. The van der Waals surface area contributed by atoms with Crippen LogP contribution in [0.2, 0.25) is 0 Å². The van der Waals surface area contributed by atoms with E-state index in [-0.39, 0.29) is 64.1 Å². The maximum Gasteiger partial charge on any atom is 0.338 e. The van der Waals surface area contributed by atoms with Crippen molar-refractivity contribution in [2.45, 2.75) is 77.9 Å². The predicted octanol–water partition coefficient (Wildman–Crippen LogP) is 4.61. The van der Waals surface area contributed by atoms with Crippen molar-refractivity contribution >= 4 is 17.5 Å². The van der Waals surface area contributed by atoms with Crippen LogP contribution in [0.1, 0.15) is 76.1 Å². The lowest BCUT2D eigenvalue weighted by Crippen LogP contribution is -2.63. The molecule has 4 aliphatic carbocycles. The van der Waals surface area contributed by atoms with Crippen LogP contribution in [0, 0.1) is 40.4 Å². The quantitative estimate of drug-likeness (QED) is 0.678. The number of rotatable bonds is 3. The van der Waals surface area contributed by atoms with E-state index in [2.05, 4.69) is 13.8 Å². The smallest absolute Gasteiger partial charge is 0.338 e. The van der Waals surface area contributed by atoms with Crippen molar-refractivity contribution in [1.82, 2.24) is 0 Å². The van der Waals surface area contributed by atoms with Gasteiger partial charge < -0.3 is 9.84 Å². The van der Waals surface area contributed by atoms with E-state index in [1.54, 1.807) is 19.1 Å². The molecule has 0 aliphatic heterocycles. The van der Waals surface area contributed by atoms with Crippen molar-refractivity contribution in [2.75, 3.05) is 0 Å². The summed E-state index contributed by atoms with van der Waals surface area (Å²) in [5, 5.41) is 11.6. The number of carbonyl (C=O) groups excluding carboxylic acids is 3. The van der Waals surface area contributed by atoms with Gasteiger partial charge in [-0.25, -0.2) is 4.79 Å². The Morgan fingerprint density at radius 1 is 1.09 bits per heavy atom. The van der Waals surface area contributed by atoms with Crippen LogP contribution in [0.3, 0.4) is 0 Å². The number of esters is 1. The molecule has 4 fully saturated rings. The predicted molar refractivity (Wildman–Crippen MR) is 123 cm³/mol. The highest BCUT2D eigenvalue weighted by atomic mass is 16.5. The first kappa shape index (κ1) is 22.8. The molecule has 5 unspecified atom stereocenters. The number of aliphatic hydroxyl groups excluding tert-OH is 1. The number of hydrogen-bond acceptors (Lipinski definition) is 5. The van der Waals surface area contributed by atoms with Gasteiger partial charge in [0.25, 0.3) is 0 Å². The third-order valence-electron chi connectivity index (χ3n) is 10.2. The Bertz CT molecular complexity index is 956. The van der Waals surface area contributed by atoms with Crippen molar-refractivity contribution in [1.29, 1.82) is 0 Å². The summed E-state index contributed by atoms with van der Waals surface area (Å²) in [5.41, 5.74) is 0.0927. The summed E-state index contributed by atoms with van der Waals surface area (Å²) in [5.74, 6) is 0.395. The molecule has 0 bridgehead atoms. The second-order valence-electron chi connectivity index (χ2n) is 11.7. The molecule has 4 aliphatic rings. The summed E-state index contributed by atoms with van der Waals surface area (Å²) in [6, 6.07) is 9.05. The van der Waals surface area contributed by atoms with Gasteiger partial charge in [0, 0.05) is 24.7 Å². The number of benzene rings is 1. The first-order valence-electron chi connectivity index (χ1n) is 12.6. The molecule has 5 nitrogen and oxygen atoms in total. The number of ketones is 2. The topological polar surface area (TPSA) is 80.7 Å². The Balaban J connectivity index is 1.54. The number of aliphatic hydroxyl groups is 1. The first-order chi connectivity index (χ1) is 15.6. The lowest BCUT2D eigenvalue weighted by atomic mass is 9.43. The fraction of sp³-hybridized carbons (Fsp3) is 0.679. The lowest BCUT2D eigenvalue weighted by molar-refractivity contribution is -0.205. The lowest BCUT2D eigenvalue weighted by Gasteiger charge is -2.63. The molecule has 1 N–H and O–H groups in total. The normalized spacial score (nSPS) is 44.4. The molecule has 1 aromatic rings. The van der Waals surface area contributed by atoms with E-state index in [4.69, 9.17) is 4.74 Å². The zero-order valence-electron chi connectivity index (χ0n) is 20.0. The Morgan fingerprint density at radius 2 is 1.82 bits per heavy atom. The highest BCUT2D eigenvalue weighted by molar-refractivity contribution is 5.89. The van der Waals surface area contributed by atoms with Gasteiger partial charge in [0.05, 0.1) is 11.7 Å². The van der Waals surface area contributed by atoms with Crippen LogP contribution < -0.4 is 0 Å². The van der Waals surface area contributed by atoms with Gasteiger partial charge in [-0.2, -0.15) is 0 Å². The summed E-state index contributed by atoms with van der Waals surface area (Å²) < 4.78 is 6.23. The molecule has 0 heterocycles. The second kappa shape index (κ2) is 8.04. The molecule has 0 amide bonds. The summed E-state index contributed by atoms with van der Waals surface area (Å²) >= 11 is 0. The minimum absolute atomic E-state index is 0.00483. The SMILES string of the molecule is CC(=O)C1CCC2C3C([C@H](O)C[C@]12C)[C@@]1(C)CCC(=O)CC1C[C@@H]3OC(=O)c1ccccc1. The average molecular weight is 453 g/mol. The largest absolute Gasteiger partial charge is 0.458 e. The van der Waals surface area contributed by atoms with Crippen LogP contribution in [0.5, 0.6) is 0 Å². The fourth-order valence-corrected chi connectivity index (χ4v) is 8.67. The molecule has 0 saturated heterocycles. The highest BCUT2D eigenvalue weighted by Gasteiger charge is 2.66. The number of hydrogen-bond donors (Lipinski definition) is 1. The maximum absolute atomic E-state index is 13.1. The molecule has 1 aromatic carbocycles. The van der Waals surface area contributed by atoms with Gasteiger partial charge in [0.2, 0.25) is 0 Å². The number of ether oxygens (including phenoxy) is 1. The van der Waals surface area contributed by atoms with Crippen molar-refractivity contribution in [3.63, 3.8) is 0 Å². The third kappa shape index (κ3) is 3.50. The van der Waals surface area contributed by atoms with Gasteiger partial charge in [0.1, 0.15) is 17.7 Å². The van der Waals surface area contributed by atoms with Crippen molar-refractivity contribution < 1.29 is 24.2 Å².